The third-order valence-corrected chi connectivity index (χ3v) is 4.26. The van der Waals surface area contributed by atoms with E-state index in [1.165, 1.54) is 12.1 Å². The van der Waals surface area contributed by atoms with Crippen LogP contribution in [0.5, 0.6) is 0 Å². The third-order valence-electron chi connectivity index (χ3n) is 4.26. The fraction of sp³-hybridized carbons (Fsp3) is 0.211. The van der Waals surface area contributed by atoms with Crippen LogP contribution in [0.15, 0.2) is 54.7 Å². The molecule has 26 heavy (non-hydrogen) atoms. The van der Waals surface area contributed by atoms with Gasteiger partial charge in [-0.15, -0.1) is 5.10 Å². The van der Waals surface area contributed by atoms with Crippen LogP contribution in [0.3, 0.4) is 0 Å². The van der Waals surface area contributed by atoms with Gasteiger partial charge in [0.25, 0.3) is 0 Å². The van der Waals surface area contributed by atoms with Crippen molar-refractivity contribution in [3.8, 4) is 6.07 Å². The summed E-state index contributed by atoms with van der Waals surface area (Å²) >= 11 is 0. The van der Waals surface area contributed by atoms with E-state index in [9.17, 15) is 4.39 Å². The molecule has 2 aromatic carbocycles. The summed E-state index contributed by atoms with van der Waals surface area (Å²) in [7, 11) is 0. The number of nitriles is 1. The summed E-state index contributed by atoms with van der Waals surface area (Å²) in [6.45, 7) is 1.79. The van der Waals surface area contributed by atoms with Crippen LogP contribution in [0, 0.1) is 17.1 Å². The maximum absolute atomic E-state index is 13.2. The van der Waals surface area contributed by atoms with E-state index in [1.807, 2.05) is 29.3 Å². The quantitative estimate of drug-likeness (QED) is 0.724. The van der Waals surface area contributed by atoms with Crippen molar-refractivity contribution in [3.63, 3.8) is 0 Å². The molecule has 4 rings (SSSR count). The number of halogens is 1. The monoisotopic (exact) mass is 349 g/mol. The van der Waals surface area contributed by atoms with Crippen molar-refractivity contribution in [1.82, 2.24) is 15.0 Å². The first-order valence-corrected chi connectivity index (χ1v) is 8.26. The molecule has 1 fully saturated rings. The molecule has 0 radical (unpaired) electrons. The fourth-order valence-electron chi connectivity index (χ4n) is 3.04. The molecule has 0 bridgehead atoms. The van der Waals surface area contributed by atoms with E-state index in [-0.39, 0.29) is 12.0 Å². The van der Waals surface area contributed by atoms with Crippen molar-refractivity contribution in [2.45, 2.75) is 12.8 Å². The molecule has 130 valence electrons. The van der Waals surface area contributed by atoms with Gasteiger partial charge in [0.05, 0.1) is 31.0 Å². The number of anilines is 1. The van der Waals surface area contributed by atoms with Gasteiger partial charge in [-0.3, -0.25) is 0 Å². The van der Waals surface area contributed by atoms with Crippen LogP contribution < -0.4 is 4.90 Å². The van der Waals surface area contributed by atoms with Crippen molar-refractivity contribution < 1.29 is 9.13 Å². The molecule has 1 saturated heterocycles. The Morgan fingerprint density at radius 1 is 1.23 bits per heavy atom. The summed E-state index contributed by atoms with van der Waals surface area (Å²) in [5.74, 6) is -0.268. The number of ether oxygens (including phenoxy) is 1. The predicted octanol–water partition coefficient (Wildman–Crippen LogP) is 2.87. The first-order valence-electron chi connectivity index (χ1n) is 8.26. The Morgan fingerprint density at radius 2 is 2.08 bits per heavy atom. The van der Waals surface area contributed by atoms with Crippen molar-refractivity contribution in [1.29, 1.82) is 5.26 Å². The summed E-state index contributed by atoms with van der Waals surface area (Å²) in [4.78, 5) is 2.03. The van der Waals surface area contributed by atoms with Crippen LogP contribution in [0.4, 0.5) is 10.1 Å². The highest BCUT2D eigenvalue weighted by Gasteiger charge is 2.29. The Labute approximate surface area is 150 Å². The third kappa shape index (κ3) is 3.27. The van der Waals surface area contributed by atoms with Crippen molar-refractivity contribution >= 4 is 5.69 Å². The second-order valence-electron chi connectivity index (χ2n) is 6.05. The number of aromatic nitrogens is 3. The van der Waals surface area contributed by atoms with E-state index in [2.05, 4.69) is 16.4 Å². The maximum Gasteiger partial charge on any atom is 0.177 e. The molecule has 7 heteroatoms. The molecule has 1 aromatic heterocycles. The summed E-state index contributed by atoms with van der Waals surface area (Å²) in [5.41, 5.74) is 3.17. The highest BCUT2D eigenvalue weighted by Crippen LogP contribution is 2.31. The summed E-state index contributed by atoms with van der Waals surface area (Å²) in [6.07, 6.45) is 1.49. The summed E-state index contributed by atoms with van der Waals surface area (Å²) in [5, 5.41) is 17.4. The average Bonchev–Trinajstić information content (AvgIpc) is 3.32. The molecular weight excluding hydrogens is 333 g/mol. The maximum atomic E-state index is 13.2. The van der Waals surface area contributed by atoms with Gasteiger partial charge in [0.1, 0.15) is 11.5 Å². The average molecular weight is 349 g/mol. The Kier molecular flexibility index (Phi) is 4.33. The number of hydrogen-bond donors (Lipinski definition) is 0. The summed E-state index contributed by atoms with van der Waals surface area (Å²) < 4.78 is 20.7. The molecule has 1 aliphatic rings. The number of rotatable bonds is 4. The highest BCUT2D eigenvalue weighted by molar-refractivity contribution is 5.48. The molecule has 1 aliphatic heterocycles. The normalized spacial score (nSPS) is 16.6. The van der Waals surface area contributed by atoms with E-state index >= 15 is 0 Å². The molecule has 2 heterocycles. The minimum atomic E-state index is -0.348. The summed E-state index contributed by atoms with van der Waals surface area (Å²) in [6, 6.07) is 15.9. The lowest BCUT2D eigenvalue weighted by molar-refractivity contribution is 0.110. The molecule has 0 aliphatic carbocycles. The van der Waals surface area contributed by atoms with Gasteiger partial charge in [0.2, 0.25) is 0 Å². The van der Waals surface area contributed by atoms with E-state index in [4.69, 9.17) is 10.00 Å². The second kappa shape index (κ2) is 6.94. The highest BCUT2D eigenvalue weighted by atomic mass is 19.1. The van der Waals surface area contributed by atoms with Crippen LogP contribution >= 0.6 is 0 Å². The Balaban J connectivity index is 1.53. The Morgan fingerprint density at radius 3 is 2.88 bits per heavy atom. The van der Waals surface area contributed by atoms with Crippen molar-refractivity contribution in [2.24, 2.45) is 0 Å². The zero-order valence-corrected chi connectivity index (χ0v) is 13.9. The van der Waals surface area contributed by atoms with Gasteiger partial charge in [-0.2, -0.15) is 5.26 Å². The number of hydrogen-bond acceptors (Lipinski definition) is 5. The van der Waals surface area contributed by atoms with Crippen molar-refractivity contribution in [3.05, 3.63) is 77.4 Å². The number of nitrogens with zero attached hydrogens (tertiary/aromatic N) is 5. The minimum Gasteiger partial charge on any atom is -0.350 e. The Bertz CT molecular complexity index is 947. The van der Waals surface area contributed by atoms with Crippen LogP contribution in [-0.4, -0.2) is 28.1 Å². The molecule has 6 nitrogen and oxygen atoms in total. The lowest BCUT2D eigenvalue weighted by atomic mass is 10.1. The largest absolute Gasteiger partial charge is 0.350 e. The van der Waals surface area contributed by atoms with Gasteiger partial charge in [-0.25, -0.2) is 9.07 Å². The minimum absolute atomic E-state index is 0.268. The van der Waals surface area contributed by atoms with E-state index in [1.54, 1.807) is 22.9 Å². The van der Waals surface area contributed by atoms with Crippen LogP contribution in [0.25, 0.3) is 0 Å². The molecule has 3 aromatic rings. The zero-order valence-electron chi connectivity index (χ0n) is 13.9. The second-order valence-corrected chi connectivity index (χ2v) is 6.05. The van der Waals surface area contributed by atoms with Gasteiger partial charge >= 0.3 is 0 Å². The van der Waals surface area contributed by atoms with Gasteiger partial charge in [-0.1, -0.05) is 17.3 Å². The first-order chi connectivity index (χ1) is 12.7. The SMILES string of the molecule is N#Cc1cccc(Cn2cc([C@H]3OCCN3c3ccc(F)cc3)nn2)c1. The van der Waals surface area contributed by atoms with E-state index in [0.717, 1.165) is 11.3 Å². The molecule has 0 N–H and O–H groups in total. The number of benzene rings is 2. The predicted molar refractivity (Wildman–Crippen MR) is 92.7 cm³/mol. The lowest BCUT2D eigenvalue weighted by Gasteiger charge is -2.23. The van der Waals surface area contributed by atoms with Gasteiger partial charge < -0.3 is 9.64 Å². The van der Waals surface area contributed by atoms with Gasteiger partial charge in [0.15, 0.2) is 6.23 Å². The van der Waals surface area contributed by atoms with E-state index < -0.39 is 0 Å². The van der Waals surface area contributed by atoms with Crippen LogP contribution in [-0.2, 0) is 11.3 Å². The van der Waals surface area contributed by atoms with Gasteiger partial charge in [0, 0.05) is 12.2 Å². The first kappa shape index (κ1) is 16.2. The van der Waals surface area contributed by atoms with Crippen LogP contribution in [0.2, 0.25) is 0 Å². The van der Waals surface area contributed by atoms with Gasteiger partial charge in [-0.05, 0) is 42.0 Å². The molecule has 0 unspecified atom stereocenters. The molecular formula is C19H16FN5O. The smallest absolute Gasteiger partial charge is 0.177 e. The Hall–Kier alpha value is -3.24. The molecule has 0 amide bonds. The van der Waals surface area contributed by atoms with Crippen LogP contribution in [0.1, 0.15) is 23.0 Å². The zero-order chi connectivity index (χ0) is 17.9. The molecule has 1 atom stereocenters. The topological polar surface area (TPSA) is 67.0 Å². The van der Waals surface area contributed by atoms with E-state index in [0.29, 0.717) is 31.0 Å². The molecule has 0 spiro atoms. The van der Waals surface area contributed by atoms with Crippen molar-refractivity contribution in [2.75, 3.05) is 18.1 Å². The fourth-order valence-corrected chi connectivity index (χ4v) is 3.04. The lowest BCUT2D eigenvalue weighted by Crippen LogP contribution is -2.23. The molecule has 0 saturated carbocycles. The standard InChI is InChI=1S/C19H16FN5O/c20-16-4-6-17(7-5-16)25-8-9-26-19(25)18-13-24(23-22-18)12-15-3-1-2-14(10-15)11-21/h1-7,10,13,19H,8-9,12H2/t19-/m1/s1.